The molecule has 0 aliphatic rings. The lowest BCUT2D eigenvalue weighted by atomic mass is 10.1. The van der Waals surface area contributed by atoms with Crippen molar-refractivity contribution in [2.45, 2.75) is 13.5 Å². The molecular formula is C24H23N5O3. The highest BCUT2D eigenvalue weighted by Crippen LogP contribution is 2.21. The lowest BCUT2D eigenvalue weighted by Gasteiger charge is -2.12. The molecule has 2 aromatic heterocycles. The highest BCUT2D eigenvalue weighted by Gasteiger charge is 2.11. The molecule has 0 saturated heterocycles. The Morgan fingerprint density at radius 2 is 1.75 bits per heavy atom. The Morgan fingerprint density at radius 3 is 2.53 bits per heavy atom. The molecule has 2 heterocycles. The second-order valence-corrected chi connectivity index (χ2v) is 7.28. The third kappa shape index (κ3) is 4.86. The van der Waals surface area contributed by atoms with Crippen molar-refractivity contribution < 1.29 is 14.3 Å². The van der Waals surface area contributed by atoms with Crippen molar-refractivity contribution in [2.75, 3.05) is 23.1 Å². The molecule has 0 spiro atoms. The number of H-pyrrole nitrogens is 1. The number of pyridine rings is 1. The Labute approximate surface area is 185 Å². The molecule has 32 heavy (non-hydrogen) atoms. The molecule has 4 N–H and O–H groups in total. The van der Waals surface area contributed by atoms with Crippen molar-refractivity contribution in [3.8, 4) is 0 Å². The molecule has 8 heteroatoms. The highest BCUT2D eigenvalue weighted by molar-refractivity contribution is 5.99. The summed E-state index contributed by atoms with van der Waals surface area (Å²) in [5, 5.41) is 9.82. The van der Waals surface area contributed by atoms with Gasteiger partial charge in [0.1, 0.15) is 11.3 Å². The van der Waals surface area contributed by atoms with E-state index in [-0.39, 0.29) is 6.03 Å². The molecule has 0 radical (unpaired) electrons. The molecule has 2 aromatic carbocycles. The van der Waals surface area contributed by atoms with Crippen LogP contribution in [-0.4, -0.2) is 29.1 Å². The molecule has 0 bridgehead atoms. The summed E-state index contributed by atoms with van der Waals surface area (Å²) in [4.78, 5) is 31.3. The zero-order chi connectivity index (χ0) is 22.5. The zero-order valence-corrected chi connectivity index (χ0v) is 17.7. The number of para-hydroxylation sites is 1. The standard InChI is InChI=1S/C24H23N5O3/c1-15-8-9-19(28-24(31)27-18-6-4-3-5-7-18)11-17(15)13-25-20-10-16-12-21(23(30)32-2)29-22(16)26-14-20/h3-12,14,25H,13H2,1-2H3,(H,26,29)(H2,27,28,31). The van der Waals surface area contributed by atoms with Gasteiger partial charge in [0.25, 0.3) is 0 Å². The number of fused-ring (bicyclic) bond motifs is 1. The summed E-state index contributed by atoms with van der Waals surface area (Å²) in [6.45, 7) is 2.56. The number of urea groups is 1. The molecule has 0 aliphatic carbocycles. The summed E-state index contributed by atoms with van der Waals surface area (Å²) in [5.74, 6) is -0.436. The fraction of sp³-hybridized carbons (Fsp3) is 0.125. The summed E-state index contributed by atoms with van der Waals surface area (Å²) in [5.41, 5.74) is 5.33. The third-order valence-electron chi connectivity index (χ3n) is 5.00. The van der Waals surface area contributed by atoms with Gasteiger partial charge in [-0.25, -0.2) is 14.6 Å². The lowest BCUT2D eigenvalue weighted by molar-refractivity contribution is 0.0595. The van der Waals surface area contributed by atoms with Crippen LogP contribution in [0.1, 0.15) is 21.6 Å². The number of hydrogen-bond acceptors (Lipinski definition) is 5. The summed E-state index contributed by atoms with van der Waals surface area (Å²) in [6.07, 6.45) is 1.70. The smallest absolute Gasteiger partial charge is 0.354 e. The van der Waals surface area contributed by atoms with Gasteiger partial charge in [-0.1, -0.05) is 24.3 Å². The largest absolute Gasteiger partial charge is 0.464 e. The fourth-order valence-corrected chi connectivity index (χ4v) is 3.28. The minimum Gasteiger partial charge on any atom is -0.464 e. The number of rotatable bonds is 6. The minimum absolute atomic E-state index is 0.303. The van der Waals surface area contributed by atoms with Gasteiger partial charge in [-0.2, -0.15) is 0 Å². The first kappa shape index (κ1) is 20.9. The van der Waals surface area contributed by atoms with Gasteiger partial charge in [0.15, 0.2) is 0 Å². The average Bonchev–Trinajstić information content (AvgIpc) is 3.23. The molecule has 0 aliphatic heterocycles. The number of ether oxygens (including phenoxy) is 1. The Balaban J connectivity index is 1.43. The Kier molecular flexibility index (Phi) is 6.03. The number of hydrogen-bond donors (Lipinski definition) is 4. The van der Waals surface area contributed by atoms with E-state index in [1.54, 1.807) is 12.3 Å². The van der Waals surface area contributed by atoms with E-state index in [0.29, 0.717) is 23.6 Å². The number of amides is 2. The number of carbonyl (C=O) groups is 2. The van der Waals surface area contributed by atoms with E-state index in [1.807, 2.05) is 61.5 Å². The van der Waals surface area contributed by atoms with E-state index in [1.165, 1.54) is 7.11 Å². The monoisotopic (exact) mass is 429 g/mol. The van der Waals surface area contributed by atoms with Gasteiger partial charge in [0.2, 0.25) is 0 Å². The Bertz CT molecular complexity index is 1270. The molecule has 0 saturated carbocycles. The van der Waals surface area contributed by atoms with Gasteiger partial charge < -0.3 is 25.7 Å². The zero-order valence-electron chi connectivity index (χ0n) is 17.7. The second-order valence-electron chi connectivity index (χ2n) is 7.28. The molecule has 2 amide bonds. The van der Waals surface area contributed by atoms with Gasteiger partial charge in [0, 0.05) is 23.3 Å². The van der Waals surface area contributed by atoms with Crippen molar-refractivity contribution in [1.82, 2.24) is 9.97 Å². The van der Waals surface area contributed by atoms with E-state index < -0.39 is 5.97 Å². The number of benzene rings is 2. The minimum atomic E-state index is -0.436. The van der Waals surface area contributed by atoms with Crippen molar-refractivity contribution in [2.24, 2.45) is 0 Å². The maximum atomic E-state index is 12.3. The number of anilines is 3. The van der Waals surface area contributed by atoms with E-state index in [9.17, 15) is 9.59 Å². The van der Waals surface area contributed by atoms with Crippen LogP contribution in [0.5, 0.6) is 0 Å². The molecule has 0 atom stereocenters. The van der Waals surface area contributed by atoms with Gasteiger partial charge in [0.05, 0.1) is 19.0 Å². The van der Waals surface area contributed by atoms with Crippen LogP contribution >= 0.6 is 0 Å². The van der Waals surface area contributed by atoms with Gasteiger partial charge in [-0.3, -0.25) is 0 Å². The maximum Gasteiger partial charge on any atom is 0.354 e. The summed E-state index contributed by atoms with van der Waals surface area (Å²) >= 11 is 0. The maximum absolute atomic E-state index is 12.3. The number of aryl methyl sites for hydroxylation is 1. The van der Waals surface area contributed by atoms with Crippen LogP contribution in [0.3, 0.4) is 0 Å². The van der Waals surface area contributed by atoms with Crippen molar-refractivity contribution >= 4 is 40.1 Å². The molecule has 4 aromatic rings. The van der Waals surface area contributed by atoms with Crippen LogP contribution in [0.25, 0.3) is 11.0 Å². The first-order valence-corrected chi connectivity index (χ1v) is 10.1. The fourth-order valence-electron chi connectivity index (χ4n) is 3.28. The van der Waals surface area contributed by atoms with Crippen LogP contribution in [0.2, 0.25) is 0 Å². The molecule has 8 nitrogen and oxygen atoms in total. The van der Waals surface area contributed by atoms with E-state index in [2.05, 4.69) is 25.9 Å². The van der Waals surface area contributed by atoms with E-state index in [0.717, 1.165) is 27.9 Å². The Hall–Kier alpha value is -4.33. The van der Waals surface area contributed by atoms with Crippen molar-refractivity contribution in [3.63, 3.8) is 0 Å². The number of nitrogens with one attached hydrogen (secondary N) is 4. The SMILES string of the molecule is COC(=O)c1cc2cc(NCc3cc(NC(=O)Nc4ccccc4)ccc3C)cnc2[nH]1. The predicted molar refractivity (Wildman–Crippen MR) is 125 cm³/mol. The van der Waals surface area contributed by atoms with Crippen molar-refractivity contribution in [3.05, 3.63) is 83.7 Å². The number of carbonyl (C=O) groups excluding carboxylic acids is 2. The van der Waals surface area contributed by atoms with Crippen LogP contribution in [0, 0.1) is 6.92 Å². The highest BCUT2D eigenvalue weighted by atomic mass is 16.5. The first-order chi connectivity index (χ1) is 15.5. The van der Waals surface area contributed by atoms with E-state index >= 15 is 0 Å². The van der Waals surface area contributed by atoms with Crippen LogP contribution < -0.4 is 16.0 Å². The molecule has 4 rings (SSSR count). The summed E-state index contributed by atoms with van der Waals surface area (Å²) in [7, 11) is 1.34. The molecule has 0 unspecified atom stereocenters. The van der Waals surface area contributed by atoms with Gasteiger partial charge in [-0.05, 0) is 54.4 Å². The van der Waals surface area contributed by atoms with Gasteiger partial charge in [-0.15, -0.1) is 0 Å². The third-order valence-corrected chi connectivity index (χ3v) is 5.00. The van der Waals surface area contributed by atoms with Crippen LogP contribution in [0.15, 0.2) is 66.9 Å². The second kappa shape index (κ2) is 9.22. The average molecular weight is 429 g/mol. The normalized spacial score (nSPS) is 10.6. The Morgan fingerprint density at radius 1 is 0.969 bits per heavy atom. The van der Waals surface area contributed by atoms with Crippen molar-refractivity contribution in [1.29, 1.82) is 0 Å². The number of aromatic amines is 1. The summed E-state index contributed by atoms with van der Waals surface area (Å²) < 4.78 is 4.74. The summed E-state index contributed by atoms with van der Waals surface area (Å²) in [6, 6.07) is 18.4. The lowest BCUT2D eigenvalue weighted by Crippen LogP contribution is -2.19. The predicted octanol–water partition coefficient (Wildman–Crippen LogP) is 4.91. The number of nitrogens with zero attached hydrogens (tertiary/aromatic N) is 1. The van der Waals surface area contributed by atoms with Gasteiger partial charge >= 0.3 is 12.0 Å². The molecular weight excluding hydrogens is 406 g/mol. The molecule has 162 valence electrons. The van der Waals surface area contributed by atoms with Crippen LogP contribution in [-0.2, 0) is 11.3 Å². The molecule has 0 fully saturated rings. The number of aromatic nitrogens is 2. The van der Waals surface area contributed by atoms with Crippen LogP contribution in [0.4, 0.5) is 21.9 Å². The van der Waals surface area contributed by atoms with E-state index in [4.69, 9.17) is 4.74 Å². The number of methoxy groups -OCH3 is 1. The quantitative estimate of drug-likeness (QED) is 0.326. The number of esters is 1. The first-order valence-electron chi connectivity index (χ1n) is 10.1. The topological polar surface area (TPSA) is 108 Å².